The molecule has 0 aromatic rings. The van der Waals surface area contributed by atoms with E-state index in [0.717, 1.165) is 0 Å². The summed E-state index contributed by atoms with van der Waals surface area (Å²) in [7, 11) is 0. The molecule has 6 heterocycles. The molecule has 67 heavy (non-hydrogen) atoms. The Balaban J connectivity index is 1.07. The molecule has 0 spiro atoms. The molecule has 0 saturated carbocycles. The van der Waals surface area contributed by atoms with Gasteiger partial charge in [-0.1, -0.05) is 0 Å². The quantitative estimate of drug-likeness (QED) is 0.0683. The highest BCUT2D eigenvalue weighted by atomic mass is 16.8. The van der Waals surface area contributed by atoms with Crippen LogP contribution in [0.2, 0.25) is 0 Å². The lowest BCUT2D eigenvalue weighted by Gasteiger charge is -2.49. The van der Waals surface area contributed by atoms with Gasteiger partial charge < -0.3 is 155 Å². The summed E-state index contributed by atoms with van der Waals surface area (Å²) in [4.78, 5) is 0. The summed E-state index contributed by atoms with van der Waals surface area (Å²) >= 11 is 0. The lowest BCUT2D eigenvalue weighted by molar-refractivity contribution is -0.394. The monoisotopic (exact) mass is 989 g/mol. The van der Waals surface area contributed by atoms with E-state index in [1.807, 2.05) is 0 Å². The second-order valence-corrected chi connectivity index (χ2v) is 16.8. The zero-order valence-electron chi connectivity index (χ0n) is 35.1. The molecule has 1 unspecified atom stereocenters. The van der Waals surface area contributed by atoms with E-state index < -0.39 is 224 Å². The van der Waals surface area contributed by atoms with Crippen LogP contribution in [0.5, 0.6) is 0 Å². The molecule has 0 amide bonds. The van der Waals surface area contributed by atoms with Crippen LogP contribution in [-0.2, 0) is 52.1 Å². The Hall–Kier alpha value is -1.24. The van der Waals surface area contributed by atoms with Crippen molar-refractivity contribution in [1.82, 2.24) is 0 Å². The smallest absolute Gasteiger partial charge is 0.187 e. The highest BCUT2D eigenvalue weighted by Gasteiger charge is 2.57. The molecular formula is C36H63NO30. The summed E-state index contributed by atoms with van der Waals surface area (Å²) in [6.07, 6.45) is -53.5. The molecule has 0 aromatic heterocycles. The third kappa shape index (κ3) is 11.2. The van der Waals surface area contributed by atoms with Crippen LogP contribution in [-0.4, -0.2) is 321 Å². The van der Waals surface area contributed by atoms with Gasteiger partial charge in [-0.25, -0.2) is 0 Å². The Bertz CT molecular complexity index is 1500. The average Bonchev–Trinajstić information content (AvgIpc) is 3.32. The summed E-state index contributed by atoms with van der Waals surface area (Å²) in [6, 6.07) is -1.45. The van der Waals surface area contributed by atoms with Crippen LogP contribution < -0.4 is 5.73 Å². The first-order valence-electron chi connectivity index (χ1n) is 21.2. The van der Waals surface area contributed by atoms with Gasteiger partial charge in [0.1, 0.15) is 140 Å². The van der Waals surface area contributed by atoms with Gasteiger partial charge in [0.2, 0.25) is 0 Å². The predicted octanol–water partition coefficient (Wildman–Crippen LogP) is -14.1. The summed E-state index contributed by atoms with van der Waals surface area (Å²) in [5.74, 6) is 0. The van der Waals surface area contributed by atoms with Gasteiger partial charge in [-0.05, 0) is 0 Å². The summed E-state index contributed by atoms with van der Waals surface area (Å²) < 4.78 is 60.9. The fourth-order valence-electron chi connectivity index (χ4n) is 8.57. The molecule has 392 valence electrons. The van der Waals surface area contributed by atoms with Crippen molar-refractivity contribution in [3.05, 3.63) is 0 Å². The van der Waals surface area contributed by atoms with Crippen molar-refractivity contribution in [2.45, 2.75) is 184 Å². The molecule has 21 N–H and O–H groups in total. The highest BCUT2D eigenvalue weighted by Crippen LogP contribution is 2.36. The normalized spacial score (nSPS) is 53.4. The van der Waals surface area contributed by atoms with Crippen LogP contribution in [0, 0.1) is 0 Å². The van der Waals surface area contributed by atoms with Gasteiger partial charge in [-0.2, -0.15) is 0 Å². The van der Waals surface area contributed by atoms with Crippen LogP contribution in [0.1, 0.15) is 0 Å². The fraction of sp³-hybridized carbons (Fsp3) is 1.00. The number of nitrogens with two attached hydrogens (primary N) is 1. The van der Waals surface area contributed by atoms with Gasteiger partial charge in [0, 0.05) is 0 Å². The zero-order valence-corrected chi connectivity index (χ0v) is 35.1. The van der Waals surface area contributed by atoms with E-state index in [2.05, 4.69) is 0 Å². The van der Waals surface area contributed by atoms with Crippen LogP contribution in [0.25, 0.3) is 0 Å². The molecule has 31 heteroatoms. The van der Waals surface area contributed by atoms with Gasteiger partial charge >= 0.3 is 0 Å². The van der Waals surface area contributed by atoms with Crippen molar-refractivity contribution in [2.75, 3.05) is 39.6 Å². The van der Waals surface area contributed by atoms with Crippen molar-refractivity contribution < 1.29 is 149 Å². The van der Waals surface area contributed by atoms with Gasteiger partial charge in [0.15, 0.2) is 37.7 Å². The van der Waals surface area contributed by atoms with Crippen molar-refractivity contribution in [3.8, 4) is 0 Å². The molecule has 6 saturated heterocycles. The summed E-state index contributed by atoms with van der Waals surface area (Å²) in [6.45, 7) is -5.54. The van der Waals surface area contributed by atoms with E-state index in [0.29, 0.717) is 0 Å². The van der Waals surface area contributed by atoms with Gasteiger partial charge in [-0.3, -0.25) is 0 Å². The minimum atomic E-state index is -2.16. The molecule has 0 aliphatic carbocycles. The lowest BCUT2D eigenvalue weighted by Crippen LogP contribution is -2.68. The Morgan fingerprint density at radius 2 is 0.507 bits per heavy atom. The molecule has 30 atom stereocenters. The molecular weight excluding hydrogens is 926 g/mol. The molecule has 6 aliphatic rings. The molecule has 0 radical (unpaired) electrons. The first-order valence-corrected chi connectivity index (χ1v) is 21.2. The van der Waals surface area contributed by atoms with Gasteiger partial charge in [0.25, 0.3) is 0 Å². The number of hydrogen-bond acceptors (Lipinski definition) is 31. The van der Waals surface area contributed by atoms with E-state index in [1.54, 1.807) is 0 Å². The maximum atomic E-state index is 11.2. The molecule has 6 rings (SSSR count). The zero-order chi connectivity index (χ0) is 49.3. The molecule has 6 fully saturated rings. The number of aliphatic hydroxyl groups excluding tert-OH is 19. The molecule has 0 aromatic carbocycles. The third-order valence-corrected chi connectivity index (χ3v) is 12.5. The average molecular weight is 990 g/mol. The Morgan fingerprint density at radius 3 is 0.791 bits per heavy atom. The standard InChI is InChI=1S/C36H63NO30/c37-13-15(45)14(44)7(1-38)58-32(13)63-27-9(3-40)59-34(22(52)17(27)47)65-29-11(5-42)61-36(24(54)19(29)49)67-30-12(6-43)62-35(25(55)20(30)50)66-28-10(4-41)60-33(23(53)18(28)48)64-26-8(2-39)57-31(56)21(51)16(26)46/h7-36,38-56H,1-6,37H2/t7-,8-,9-,10-,11-,12-,13-,14-,15-,16-,17-,18-,19-,20-,21-,22-,23-,24-,25-,26-,27-,28-,29-,30-,31?,32-,33-,34-,35-,36-/m1/s1. The van der Waals surface area contributed by atoms with E-state index in [4.69, 9.17) is 57.8 Å². The van der Waals surface area contributed by atoms with E-state index in [9.17, 15) is 97.0 Å². The Labute approximate surface area is 378 Å². The van der Waals surface area contributed by atoms with Crippen LogP contribution in [0.15, 0.2) is 0 Å². The van der Waals surface area contributed by atoms with Crippen LogP contribution in [0.3, 0.4) is 0 Å². The molecule has 0 bridgehead atoms. The maximum absolute atomic E-state index is 11.2. The van der Waals surface area contributed by atoms with Crippen LogP contribution in [0.4, 0.5) is 0 Å². The van der Waals surface area contributed by atoms with Gasteiger partial charge in [-0.15, -0.1) is 0 Å². The van der Waals surface area contributed by atoms with Crippen molar-refractivity contribution in [1.29, 1.82) is 0 Å². The minimum Gasteiger partial charge on any atom is -0.394 e. The van der Waals surface area contributed by atoms with Crippen LogP contribution >= 0.6 is 0 Å². The molecule has 31 nitrogen and oxygen atoms in total. The van der Waals surface area contributed by atoms with Crippen molar-refractivity contribution in [2.24, 2.45) is 5.73 Å². The number of rotatable bonds is 16. The van der Waals surface area contributed by atoms with Crippen molar-refractivity contribution in [3.63, 3.8) is 0 Å². The molecule has 6 aliphatic heterocycles. The first kappa shape index (κ1) is 55.1. The fourth-order valence-corrected chi connectivity index (χ4v) is 8.57. The number of aliphatic hydroxyl groups is 19. The van der Waals surface area contributed by atoms with E-state index in [1.165, 1.54) is 0 Å². The Kier molecular flexibility index (Phi) is 19.4. The maximum Gasteiger partial charge on any atom is 0.187 e. The highest BCUT2D eigenvalue weighted by molar-refractivity contribution is 5.00. The largest absolute Gasteiger partial charge is 0.394 e. The lowest BCUT2D eigenvalue weighted by atomic mass is 9.95. The topological polar surface area (TPSA) is 512 Å². The van der Waals surface area contributed by atoms with E-state index >= 15 is 0 Å². The van der Waals surface area contributed by atoms with Gasteiger partial charge in [0.05, 0.1) is 45.7 Å². The van der Waals surface area contributed by atoms with E-state index in [-0.39, 0.29) is 0 Å². The number of hydrogen-bond donors (Lipinski definition) is 20. The summed E-state index contributed by atoms with van der Waals surface area (Å²) in [5, 5.41) is 199. The first-order chi connectivity index (χ1) is 31.8. The third-order valence-electron chi connectivity index (χ3n) is 12.5. The van der Waals surface area contributed by atoms with Crippen molar-refractivity contribution >= 4 is 0 Å². The SMILES string of the molecule is N[C@H]1[C@@H](O[C@H]2[C@H](O)[C@@H](O)[C@@H](O[C@H]3[C@H](O)[C@@H](O)[C@@H](O[C@H]4[C@H](O)[C@@H](O)[C@@H](O[C@H]5[C@H](O)[C@@H](O)[C@@H](O[C@H]6[C@H](O)[C@@H](O)C(O)O[C@@H]6CO)O[C@@H]5CO)O[C@@H]4CO)O[C@@H]3CO)O[C@@H]2CO)O[C@H](CO)[C@@H](O)[C@@H]1O. The predicted molar refractivity (Wildman–Crippen MR) is 201 cm³/mol. The number of ether oxygens (including phenoxy) is 11. The minimum absolute atomic E-state index is 0.774. The Morgan fingerprint density at radius 1 is 0.269 bits per heavy atom. The second kappa shape index (κ2) is 23.5. The second-order valence-electron chi connectivity index (χ2n) is 16.8. The summed E-state index contributed by atoms with van der Waals surface area (Å²) in [5.41, 5.74) is 5.91.